The zero-order chi connectivity index (χ0) is 15.7. The zero-order valence-electron chi connectivity index (χ0n) is 12.1. The van der Waals surface area contributed by atoms with Crippen LogP contribution in [0.1, 0.15) is 6.92 Å². The van der Waals surface area contributed by atoms with Crippen LogP contribution in [0.15, 0.2) is 54.7 Å². The molecule has 0 unspecified atom stereocenters. The molecule has 0 aliphatic heterocycles. The summed E-state index contributed by atoms with van der Waals surface area (Å²) in [4.78, 5) is 15.9. The Kier molecular flexibility index (Phi) is 3.34. The van der Waals surface area contributed by atoms with E-state index in [1.54, 1.807) is 23.6 Å². The highest BCUT2D eigenvalue weighted by Crippen LogP contribution is 2.20. The molecule has 0 atom stereocenters. The Hall–Kier alpha value is -3.15. The van der Waals surface area contributed by atoms with Crippen molar-refractivity contribution in [3.8, 4) is 11.4 Å². The van der Waals surface area contributed by atoms with Crippen LogP contribution in [0.3, 0.4) is 0 Å². The number of anilines is 2. The number of nitrogens with two attached hydrogens (primary N) is 1. The number of carbonyl (C=O) groups excluding carboxylic acids is 1. The van der Waals surface area contributed by atoms with Gasteiger partial charge in [0.1, 0.15) is 5.52 Å². The van der Waals surface area contributed by atoms with Gasteiger partial charge >= 0.3 is 0 Å². The largest absolute Gasteiger partial charge is 0.382 e. The van der Waals surface area contributed by atoms with E-state index < -0.39 is 0 Å². The van der Waals surface area contributed by atoms with Crippen molar-refractivity contribution >= 4 is 22.9 Å². The molecule has 2 heterocycles. The van der Waals surface area contributed by atoms with Crippen molar-refractivity contribution in [2.24, 2.45) is 0 Å². The van der Waals surface area contributed by atoms with Crippen LogP contribution < -0.4 is 11.1 Å². The number of rotatable bonds is 3. The van der Waals surface area contributed by atoms with E-state index in [1.807, 2.05) is 30.5 Å². The molecule has 6 heteroatoms. The van der Waals surface area contributed by atoms with Crippen molar-refractivity contribution in [1.82, 2.24) is 14.6 Å². The number of nitrogens with one attached hydrogen (secondary N) is 1. The van der Waals surface area contributed by atoms with Gasteiger partial charge in [-0.3, -0.25) is 4.79 Å². The van der Waals surface area contributed by atoms with E-state index in [1.165, 1.54) is 0 Å². The first-order valence-electron chi connectivity index (χ1n) is 6.73. The molecule has 6 nitrogen and oxygen atoms in total. The van der Waals surface area contributed by atoms with E-state index in [0.717, 1.165) is 11.1 Å². The fraction of sp³-hybridized carbons (Fsp3) is 0.0625. The lowest BCUT2D eigenvalue weighted by atomic mass is 10.2. The van der Waals surface area contributed by atoms with Gasteiger partial charge in [0.15, 0.2) is 11.6 Å². The van der Waals surface area contributed by atoms with Gasteiger partial charge in [-0.2, -0.15) is 0 Å². The summed E-state index contributed by atoms with van der Waals surface area (Å²) < 4.78 is 1.69. The molecule has 3 aromatic rings. The predicted octanol–water partition coefficient (Wildman–Crippen LogP) is 2.49. The second-order valence-electron chi connectivity index (χ2n) is 4.97. The molecule has 2 aromatic heterocycles. The lowest BCUT2D eigenvalue weighted by molar-refractivity contribution is -0.112. The van der Waals surface area contributed by atoms with Crippen molar-refractivity contribution in [2.45, 2.75) is 6.92 Å². The van der Waals surface area contributed by atoms with Crippen molar-refractivity contribution in [1.29, 1.82) is 0 Å². The highest BCUT2D eigenvalue weighted by atomic mass is 16.1. The first kappa shape index (κ1) is 13.8. The minimum absolute atomic E-state index is 0.206. The molecule has 22 heavy (non-hydrogen) atoms. The quantitative estimate of drug-likeness (QED) is 0.726. The van der Waals surface area contributed by atoms with Gasteiger partial charge in [-0.1, -0.05) is 6.58 Å². The van der Waals surface area contributed by atoms with Gasteiger partial charge in [-0.05, 0) is 43.3 Å². The lowest BCUT2D eigenvalue weighted by Crippen LogP contribution is -2.11. The third-order valence-electron chi connectivity index (χ3n) is 3.21. The van der Waals surface area contributed by atoms with Crippen LogP contribution in [-0.4, -0.2) is 20.5 Å². The molecule has 0 saturated carbocycles. The summed E-state index contributed by atoms with van der Waals surface area (Å²) in [6.07, 6.45) is 1.82. The van der Waals surface area contributed by atoms with Gasteiger partial charge in [-0.25, -0.2) is 9.50 Å². The Morgan fingerprint density at radius 2 is 2.00 bits per heavy atom. The van der Waals surface area contributed by atoms with Gasteiger partial charge in [0.2, 0.25) is 0 Å². The van der Waals surface area contributed by atoms with E-state index in [2.05, 4.69) is 22.0 Å². The monoisotopic (exact) mass is 293 g/mol. The molecule has 0 radical (unpaired) electrons. The summed E-state index contributed by atoms with van der Waals surface area (Å²) in [5, 5.41) is 7.16. The van der Waals surface area contributed by atoms with E-state index >= 15 is 0 Å². The lowest BCUT2D eigenvalue weighted by Gasteiger charge is -2.07. The molecule has 0 bridgehead atoms. The third kappa shape index (κ3) is 2.54. The van der Waals surface area contributed by atoms with E-state index in [9.17, 15) is 4.79 Å². The van der Waals surface area contributed by atoms with Gasteiger partial charge < -0.3 is 11.1 Å². The highest BCUT2D eigenvalue weighted by molar-refractivity contribution is 6.02. The third-order valence-corrected chi connectivity index (χ3v) is 3.21. The summed E-state index contributed by atoms with van der Waals surface area (Å²) in [7, 11) is 0. The average molecular weight is 293 g/mol. The normalized spacial score (nSPS) is 10.6. The van der Waals surface area contributed by atoms with Crippen molar-refractivity contribution < 1.29 is 4.79 Å². The molecule has 0 aliphatic rings. The maximum Gasteiger partial charge on any atom is 0.250 e. The number of carbonyl (C=O) groups is 1. The molecular weight excluding hydrogens is 278 g/mol. The van der Waals surface area contributed by atoms with Gasteiger partial charge in [0, 0.05) is 23.0 Å². The SMILES string of the molecule is C=C(C)C(=O)Nc1ccc(-c2nc(N)c3cccn3n2)cc1. The first-order chi connectivity index (χ1) is 10.5. The molecule has 110 valence electrons. The van der Waals surface area contributed by atoms with Crippen LogP contribution in [0, 0.1) is 0 Å². The van der Waals surface area contributed by atoms with Crippen LogP contribution in [0.5, 0.6) is 0 Å². The Bertz CT molecular complexity index is 864. The van der Waals surface area contributed by atoms with Gasteiger partial charge in [-0.15, -0.1) is 5.10 Å². The van der Waals surface area contributed by atoms with Crippen molar-refractivity contribution in [3.63, 3.8) is 0 Å². The number of hydrogen-bond acceptors (Lipinski definition) is 4. The predicted molar refractivity (Wildman–Crippen MR) is 86.3 cm³/mol. The molecule has 0 fully saturated rings. The van der Waals surface area contributed by atoms with Crippen LogP contribution >= 0.6 is 0 Å². The Labute approximate surface area is 127 Å². The summed E-state index contributed by atoms with van der Waals surface area (Å²) >= 11 is 0. The van der Waals surface area contributed by atoms with Crippen molar-refractivity contribution in [2.75, 3.05) is 11.1 Å². The summed E-state index contributed by atoms with van der Waals surface area (Å²) in [6.45, 7) is 5.26. The summed E-state index contributed by atoms with van der Waals surface area (Å²) in [5.74, 6) is 0.746. The fourth-order valence-electron chi connectivity index (χ4n) is 2.02. The van der Waals surface area contributed by atoms with Crippen molar-refractivity contribution in [3.05, 3.63) is 54.7 Å². The van der Waals surface area contributed by atoms with Gasteiger partial charge in [0.25, 0.3) is 5.91 Å². The zero-order valence-corrected chi connectivity index (χ0v) is 12.1. The number of nitrogens with zero attached hydrogens (tertiary/aromatic N) is 3. The van der Waals surface area contributed by atoms with Crippen LogP contribution in [0.25, 0.3) is 16.9 Å². The molecule has 1 amide bonds. The molecule has 3 rings (SSSR count). The number of aromatic nitrogens is 3. The van der Waals surface area contributed by atoms with E-state index in [0.29, 0.717) is 22.9 Å². The summed E-state index contributed by atoms with van der Waals surface area (Å²) in [5.41, 5.74) is 8.66. The first-order valence-corrected chi connectivity index (χ1v) is 6.73. The highest BCUT2D eigenvalue weighted by Gasteiger charge is 2.08. The smallest absolute Gasteiger partial charge is 0.250 e. The number of amides is 1. The van der Waals surface area contributed by atoms with Gasteiger partial charge in [0.05, 0.1) is 0 Å². The minimum atomic E-state index is -0.206. The number of hydrogen-bond donors (Lipinski definition) is 2. The molecule has 0 saturated heterocycles. The topological polar surface area (TPSA) is 85.3 Å². The molecule has 0 spiro atoms. The maximum atomic E-state index is 11.6. The van der Waals surface area contributed by atoms with E-state index in [4.69, 9.17) is 5.73 Å². The van der Waals surface area contributed by atoms with Crippen LogP contribution in [-0.2, 0) is 4.79 Å². The van der Waals surface area contributed by atoms with E-state index in [-0.39, 0.29) is 5.91 Å². The number of fused-ring (bicyclic) bond motifs is 1. The fourth-order valence-corrected chi connectivity index (χ4v) is 2.02. The summed E-state index contributed by atoms with van der Waals surface area (Å²) in [6, 6.07) is 11.0. The second kappa shape index (κ2) is 5.33. The Morgan fingerprint density at radius 3 is 2.68 bits per heavy atom. The number of nitrogen functional groups attached to an aromatic ring is 1. The molecule has 3 N–H and O–H groups in total. The second-order valence-corrected chi connectivity index (χ2v) is 4.97. The minimum Gasteiger partial charge on any atom is -0.382 e. The van der Waals surface area contributed by atoms with Crippen LogP contribution in [0.2, 0.25) is 0 Å². The Balaban J connectivity index is 1.91. The number of benzene rings is 1. The van der Waals surface area contributed by atoms with Crippen LogP contribution in [0.4, 0.5) is 11.5 Å². The molecule has 1 aromatic carbocycles. The molecule has 0 aliphatic carbocycles. The molecular formula is C16H15N5O. The standard InChI is InChI=1S/C16H15N5O/c1-10(2)16(22)18-12-7-5-11(6-8-12)15-19-14(17)13-4-3-9-21(13)20-15/h3-9H,1H2,2H3,(H,18,22)(H2,17,19,20). The average Bonchev–Trinajstić information content (AvgIpc) is 2.97. The Morgan fingerprint density at radius 1 is 1.27 bits per heavy atom. The maximum absolute atomic E-state index is 11.6.